The SMILES string of the molecule is CN=C(O)C1=Cc2ccccc2C(=NNc2ccc(-c3nnc(-c4ccc(NN=C5C(=O)C(C(O)=NC)=Cc6ccccc65)cc4Cl)o3)c(Cl)c2)C1=O. The van der Waals surface area contributed by atoms with E-state index < -0.39 is 11.6 Å². The van der Waals surface area contributed by atoms with Crippen molar-refractivity contribution >= 4 is 81.5 Å². The lowest BCUT2D eigenvalue weighted by molar-refractivity contribution is -0.110. The third-order valence-electron chi connectivity index (χ3n) is 8.27. The first-order chi connectivity index (χ1) is 25.7. The highest BCUT2D eigenvalue weighted by Gasteiger charge is 2.30. The summed E-state index contributed by atoms with van der Waals surface area (Å²) in [7, 11) is 2.78. The van der Waals surface area contributed by atoms with Gasteiger partial charge in [0.15, 0.2) is 0 Å². The fraction of sp³-hybridized carbons (Fsp3) is 0.0526. The Balaban J connectivity index is 1.08. The van der Waals surface area contributed by atoms with Crippen molar-refractivity contribution in [2.75, 3.05) is 24.9 Å². The Kier molecular flexibility index (Phi) is 9.50. The number of ketones is 2. The lowest BCUT2D eigenvalue weighted by atomic mass is 9.89. The van der Waals surface area contributed by atoms with Crippen LogP contribution < -0.4 is 10.9 Å². The number of halogens is 2. The molecule has 13 nitrogen and oxygen atoms in total. The normalized spacial score (nSPS) is 15.9. The van der Waals surface area contributed by atoms with Crippen molar-refractivity contribution in [1.82, 2.24) is 10.2 Å². The van der Waals surface area contributed by atoms with Crippen molar-refractivity contribution in [3.8, 4) is 22.9 Å². The summed E-state index contributed by atoms with van der Waals surface area (Å²) in [5.41, 5.74) is 10.4. The number of Topliss-reactive ketones (excluding diaryl/α,β-unsaturated/α-hetero) is 2. The average Bonchev–Trinajstić information content (AvgIpc) is 3.66. The maximum Gasteiger partial charge on any atom is 0.249 e. The molecular formula is C38H26Cl2N8O5. The minimum Gasteiger partial charge on any atom is -0.493 e. The van der Waals surface area contributed by atoms with Crippen LogP contribution in [0.3, 0.4) is 0 Å². The first-order valence-electron chi connectivity index (χ1n) is 15.8. The Morgan fingerprint density at radius 1 is 0.623 bits per heavy atom. The van der Waals surface area contributed by atoms with Gasteiger partial charge in [-0.25, -0.2) is 0 Å². The standard InChI is InChI=1S/C38H26Cl2N8O5/c1-41-35(51)27-15-19-7-3-5-9-23(19)31(33(27)49)45-43-21-11-13-25(29(39)17-21)37-47-48-38(53-37)26-14-12-22(18-30(26)40)44-46-32-24-10-6-4-8-20(24)16-28(34(32)50)36(52)42-2/h3-18,43-44H,1-2H3,(H,41,51)(H,42,52). The summed E-state index contributed by atoms with van der Waals surface area (Å²) >= 11 is 13.3. The molecule has 1 heterocycles. The summed E-state index contributed by atoms with van der Waals surface area (Å²) in [5.74, 6) is -1.49. The van der Waals surface area contributed by atoms with Gasteiger partial charge in [0, 0.05) is 25.2 Å². The topological polar surface area (TPSA) is 187 Å². The van der Waals surface area contributed by atoms with Crippen LogP contribution in [0.15, 0.2) is 121 Å². The van der Waals surface area contributed by atoms with Crippen molar-refractivity contribution in [2.24, 2.45) is 20.2 Å². The van der Waals surface area contributed by atoms with Crippen molar-refractivity contribution in [3.63, 3.8) is 0 Å². The maximum atomic E-state index is 13.2. The van der Waals surface area contributed by atoms with E-state index in [0.29, 0.717) is 44.8 Å². The monoisotopic (exact) mass is 744 g/mol. The molecule has 4 aromatic carbocycles. The number of anilines is 2. The van der Waals surface area contributed by atoms with Crippen LogP contribution in [0.5, 0.6) is 0 Å². The van der Waals surface area contributed by atoms with Gasteiger partial charge >= 0.3 is 0 Å². The second-order valence-electron chi connectivity index (χ2n) is 11.5. The van der Waals surface area contributed by atoms with Crippen molar-refractivity contribution in [3.05, 3.63) is 128 Å². The number of fused-ring (bicyclic) bond motifs is 2. The van der Waals surface area contributed by atoms with E-state index in [2.05, 4.69) is 41.2 Å². The molecule has 4 N–H and O–H groups in total. The third kappa shape index (κ3) is 6.73. The largest absolute Gasteiger partial charge is 0.493 e. The van der Waals surface area contributed by atoms with Crippen LogP contribution in [0, 0.1) is 0 Å². The molecule has 0 spiro atoms. The van der Waals surface area contributed by atoms with Gasteiger partial charge in [0.05, 0.1) is 43.7 Å². The van der Waals surface area contributed by atoms with E-state index in [1.165, 1.54) is 14.1 Å². The molecule has 53 heavy (non-hydrogen) atoms. The summed E-state index contributed by atoms with van der Waals surface area (Å²) in [6, 6.07) is 24.2. The van der Waals surface area contributed by atoms with Gasteiger partial charge in [-0.15, -0.1) is 10.2 Å². The van der Waals surface area contributed by atoms with Crippen molar-refractivity contribution in [2.45, 2.75) is 0 Å². The van der Waals surface area contributed by atoms with Crippen LogP contribution >= 0.6 is 23.2 Å². The second-order valence-corrected chi connectivity index (χ2v) is 12.3. The number of rotatable bonds is 8. The highest BCUT2D eigenvalue weighted by molar-refractivity contribution is 6.59. The molecule has 262 valence electrons. The summed E-state index contributed by atoms with van der Waals surface area (Å²) in [6.45, 7) is 0. The third-order valence-corrected chi connectivity index (χ3v) is 8.90. The van der Waals surface area contributed by atoms with Crippen LogP contribution in [0.1, 0.15) is 22.3 Å². The van der Waals surface area contributed by atoms with Gasteiger partial charge in [-0.1, -0.05) is 71.7 Å². The smallest absolute Gasteiger partial charge is 0.249 e. The van der Waals surface area contributed by atoms with E-state index in [9.17, 15) is 19.8 Å². The zero-order valence-electron chi connectivity index (χ0n) is 27.8. The zero-order valence-corrected chi connectivity index (χ0v) is 29.3. The molecule has 0 saturated carbocycles. The Morgan fingerprint density at radius 2 is 1.04 bits per heavy atom. The zero-order chi connectivity index (χ0) is 37.2. The van der Waals surface area contributed by atoms with Gasteiger partial charge in [0.2, 0.25) is 35.1 Å². The van der Waals surface area contributed by atoms with Gasteiger partial charge in [-0.2, -0.15) is 10.2 Å². The number of nitrogens with zero attached hydrogens (tertiary/aromatic N) is 6. The van der Waals surface area contributed by atoms with Gasteiger partial charge in [-0.3, -0.25) is 30.4 Å². The van der Waals surface area contributed by atoms with E-state index in [1.54, 1.807) is 72.8 Å². The Morgan fingerprint density at radius 3 is 1.43 bits per heavy atom. The molecule has 7 rings (SSSR count). The molecule has 0 radical (unpaired) electrons. The number of hydrogen-bond acceptors (Lipinski definition) is 11. The number of benzene rings is 4. The number of carbonyl (C=O) groups excluding carboxylic acids is 2. The summed E-state index contributed by atoms with van der Waals surface area (Å²) in [4.78, 5) is 33.9. The highest BCUT2D eigenvalue weighted by Crippen LogP contribution is 2.35. The lowest BCUT2D eigenvalue weighted by Crippen LogP contribution is -2.27. The van der Waals surface area contributed by atoms with E-state index in [0.717, 1.165) is 0 Å². The van der Waals surface area contributed by atoms with Crippen LogP contribution in [-0.2, 0) is 9.59 Å². The molecular weight excluding hydrogens is 719 g/mol. The molecule has 15 heteroatoms. The van der Waals surface area contributed by atoms with Crippen molar-refractivity contribution < 1.29 is 24.2 Å². The first-order valence-corrected chi connectivity index (χ1v) is 16.6. The van der Waals surface area contributed by atoms with Crippen LogP contribution in [0.2, 0.25) is 10.0 Å². The van der Waals surface area contributed by atoms with E-state index in [-0.39, 0.29) is 56.2 Å². The molecule has 5 aromatic rings. The molecule has 0 unspecified atom stereocenters. The van der Waals surface area contributed by atoms with Gasteiger partial charge in [-0.05, 0) is 59.7 Å². The van der Waals surface area contributed by atoms with E-state index in [1.807, 2.05) is 24.3 Å². The predicted octanol–water partition coefficient (Wildman–Crippen LogP) is 7.45. The van der Waals surface area contributed by atoms with E-state index in [4.69, 9.17) is 27.6 Å². The minimum absolute atomic E-state index is 0.0331. The van der Waals surface area contributed by atoms with Crippen LogP contribution in [-0.4, -0.2) is 69.3 Å². The van der Waals surface area contributed by atoms with Crippen molar-refractivity contribution in [1.29, 1.82) is 0 Å². The Bertz CT molecular complexity index is 2360. The van der Waals surface area contributed by atoms with Gasteiger partial charge < -0.3 is 14.6 Å². The van der Waals surface area contributed by atoms with Gasteiger partial charge in [0.25, 0.3) is 0 Å². The molecule has 1 aromatic heterocycles. The lowest BCUT2D eigenvalue weighted by Gasteiger charge is -2.16. The number of aliphatic hydroxyl groups excluding tert-OH is 2. The number of aliphatic imine (C=N–C) groups is 2. The number of hydrazone groups is 2. The minimum atomic E-state index is -0.490. The molecule has 2 aliphatic carbocycles. The number of nitrogens with one attached hydrogen (secondary N) is 2. The number of aliphatic hydroxyl groups is 2. The Labute approximate surface area is 311 Å². The number of hydrogen-bond donors (Lipinski definition) is 4. The molecule has 0 bridgehead atoms. The van der Waals surface area contributed by atoms with Crippen LogP contribution in [0.4, 0.5) is 11.4 Å². The fourth-order valence-corrected chi connectivity index (χ4v) is 6.13. The second kappa shape index (κ2) is 14.5. The number of carbonyl (C=O) groups is 2. The number of aromatic nitrogens is 2. The maximum absolute atomic E-state index is 13.2. The average molecular weight is 746 g/mol. The molecule has 0 aliphatic heterocycles. The molecule has 0 saturated heterocycles. The fourth-order valence-electron chi connectivity index (χ4n) is 5.61. The molecule has 0 atom stereocenters. The molecule has 2 aliphatic rings. The highest BCUT2D eigenvalue weighted by atomic mass is 35.5. The first kappa shape index (κ1) is 34.7. The van der Waals surface area contributed by atoms with Crippen LogP contribution in [0.25, 0.3) is 35.1 Å². The summed E-state index contributed by atoms with van der Waals surface area (Å²) in [5, 5.41) is 37.9. The van der Waals surface area contributed by atoms with Gasteiger partial charge in [0.1, 0.15) is 11.4 Å². The molecule has 0 fully saturated rings. The summed E-state index contributed by atoms with van der Waals surface area (Å²) in [6.07, 6.45) is 3.14. The van der Waals surface area contributed by atoms with E-state index >= 15 is 0 Å². The predicted molar refractivity (Wildman–Crippen MR) is 206 cm³/mol. The Hall–Kier alpha value is -6.70. The quantitative estimate of drug-likeness (QED) is 0.0711. The molecule has 0 amide bonds. The summed E-state index contributed by atoms with van der Waals surface area (Å²) < 4.78 is 5.94.